The smallest absolute Gasteiger partial charge is 0.330 e. The lowest BCUT2D eigenvalue weighted by molar-refractivity contribution is -0.137. The van der Waals surface area contributed by atoms with Crippen LogP contribution in [0, 0.1) is 0 Å². The van der Waals surface area contributed by atoms with Crippen molar-refractivity contribution in [1.82, 2.24) is 0 Å². The van der Waals surface area contributed by atoms with Gasteiger partial charge in [-0.1, -0.05) is 85.5 Å². The molecule has 0 aliphatic heterocycles. The molecule has 0 N–H and O–H groups in total. The van der Waals surface area contributed by atoms with Crippen molar-refractivity contribution < 1.29 is 23.7 Å². The third kappa shape index (κ3) is 14.7. The van der Waals surface area contributed by atoms with Crippen molar-refractivity contribution in [3.63, 3.8) is 0 Å². The second-order valence-electron chi connectivity index (χ2n) is 9.07. The molecule has 0 radical (unpaired) electrons. The fourth-order valence-corrected chi connectivity index (χ4v) is 3.61. The van der Waals surface area contributed by atoms with Crippen LogP contribution in [0.4, 0.5) is 0 Å². The molecule has 0 spiro atoms. The molecule has 0 heterocycles. The number of ether oxygens (including phenoxy) is 4. The fraction of sp³-hybridized carbons (Fsp3) is 0.700. The molecule has 0 amide bonds. The Hall–Kier alpha value is -2.17. The lowest BCUT2D eigenvalue weighted by atomic mass is 10.1. The Morgan fingerprint density at radius 3 is 1.80 bits per heavy atom. The number of hydrogen-bond acceptors (Lipinski definition) is 5. The summed E-state index contributed by atoms with van der Waals surface area (Å²) in [5.74, 6) is 1.75. The van der Waals surface area contributed by atoms with Gasteiger partial charge in [0.2, 0.25) is 0 Å². The SMILES string of the molecule is CCCCCCOc1cc(C=CC(=O)OCCC)c(OCCCCCC)c(OCCCCCC)c1. The van der Waals surface area contributed by atoms with Crippen LogP contribution in [0.5, 0.6) is 17.2 Å². The zero-order valence-electron chi connectivity index (χ0n) is 22.9. The van der Waals surface area contributed by atoms with Gasteiger partial charge in [-0.25, -0.2) is 4.79 Å². The van der Waals surface area contributed by atoms with E-state index < -0.39 is 0 Å². The van der Waals surface area contributed by atoms with E-state index in [2.05, 4.69) is 20.8 Å². The van der Waals surface area contributed by atoms with Crippen molar-refractivity contribution in [3.05, 3.63) is 23.8 Å². The zero-order valence-corrected chi connectivity index (χ0v) is 22.9. The quantitative estimate of drug-likeness (QED) is 0.0926. The molecule has 5 heteroatoms. The topological polar surface area (TPSA) is 54.0 Å². The van der Waals surface area contributed by atoms with E-state index in [0.717, 1.165) is 56.3 Å². The summed E-state index contributed by atoms with van der Waals surface area (Å²) >= 11 is 0. The summed E-state index contributed by atoms with van der Waals surface area (Å²) in [7, 11) is 0. The molecule has 0 saturated carbocycles. The number of carbonyl (C=O) groups is 1. The van der Waals surface area contributed by atoms with Gasteiger partial charge in [-0.3, -0.25) is 0 Å². The van der Waals surface area contributed by atoms with E-state index in [0.29, 0.717) is 37.9 Å². The Kier molecular flexibility index (Phi) is 18.6. The molecular formula is C30H50O5. The molecule has 0 atom stereocenters. The Morgan fingerprint density at radius 2 is 1.23 bits per heavy atom. The van der Waals surface area contributed by atoms with Gasteiger partial charge in [-0.2, -0.15) is 0 Å². The average Bonchev–Trinajstić information content (AvgIpc) is 2.86. The third-order valence-corrected chi connectivity index (χ3v) is 5.67. The highest BCUT2D eigenvalue weighted by Gasteiger charge is 2.14. The molecule has 0 aliphatic carbocycles. The van der Waals surface area contributed by atoms with Gasteiger partial charge in [0.25, 0.3) is 0 Å². The molecule has 200 valence electrons. The minimum Gasteiger partial charge on any atom is -0.493 e. The number of hydrogen-bond donors (Lipinski definition) is 0. The van der Waals surface area contributed by atoms with E-state index in [1.807, 2.05) is 19.1 Å². The standard InChI is InChI=1S/C30H50O5/c1-5-9-12-15-21-32-27-24-26(18-19-29(31)34-20-8-4)30(35-23-17-14-11-7-3)28(25-27)33-22-16-13-10-6-2/h18-19,24-25H,5-17,20-23H2,1-4H3. The van der Waals surface area contributed by atoms with Gasteiger partial charge >= 0.3 is 5.97 Å². The first-order chi connectivity index (χ1) is 17.2. The van der Waals surface area contributed by atoms with E-state index in [-0.39, 0.29) is 5.97 Å². The van der Waals surface area contributed by atoms with Gasteiger partial charge in [0.05, 0.1) is 26.4 Å². The summed E-state index contributed by atoms with van der Waals surface area (Å²) in [5, 5.41) is 0. The minimum atomic E-state index is -0.353. The van der Waals surface area contributed by atoms with Crippen molar-refractivity contribution in [2.24, 2.45) is 0 Å². The molecule has 1 aromatic rings. The maximum atomic E-state index is 12.1. The largest absolute Gasteiger partial charge is 0.493 e. The molecule has 1 rings (SSSR count). The average molecular weight is 491 g/mol. The van der Waals surface area contributed by atoms with Crippen molar-refractivity contribution in [2.45, 2.75) is 111 Å². The number of carbonyl (C=O) groups excluding carboxylic acids is 1. The van der Waals surface area contributed by atoms with E-state index in [1.165, 1.54) is 44.6 Å². The zero-order chi connectivity index (χ0) is 25.6. The second kappa shape index (κ2) is 21.1. The molecule has 0 unspecified atom stereocenters. The van der Waals surface area contributed by atoms with Crippen LogP contribution < -0.4 is 14.2 Å². The predicted molar refractivity (Wildman–Crippen MR) is 146 cm³/mol. The first kappa shape index (κ1) is 30.9. The lowest BCUT2D eigenvalue weighted by Gasteiger charge is -2.18. The van der Waals surface area contributed by atoms with Gasteiger partial charge in [-0.15, -0.1) is 0 Å². The Labute approximate surface area is 214 Å². The highest BCUT2D eigenvalue weighted by molar-refractivity contribution is 5.88. The van der Waals surface area contributed by atoms with Crippen LogP contribution in [0.15, 0.2) is 18.2 Å². The summed E-state index contributed by atoms with van der Waals surface area (Å²) < 4.78 is 23.7. The first-order valence-corrected chi connectivity index (χ1v) is 14.1. The van der Waals surface area contributed by atoms with E-state index >= 15 is 0 Å². The van der Waals surface area contributed by atoms with Crippen LogP contribution >= 0.6 is 0 Å². The van der Waals surface area contributed by atoms with Crippen LogP contribution in [0.1, 0.15) is 117 Å². The predicted octanol–water partition coefficient (Wildman–Crippen LogP) is 8.53. The number of unbranched alkanes of at least 4 members (excludes halogenated alkanes) is 9. The molecule has 0 aliphatic rings. The summed E-state index contributed by atoms with van der Waals surface area (Å²) in [6.45, 7) is 10.9. The van der Waals surface area contributed by atoms with Crippen molar-refractivity contribution in [3.8, 4) is 17.2 Å². The molecule has 5 nitrogen and oxygen atoms in total. The summed E-state index contributed by atoms with van der Waals surface area (Å²) in [6.07, 6.45) is 17.7. The van der Waals surface area contributed by atoms with Crippen molar-refractivity contribution in [1.29, 1.82) is 0 Å². The van der Waals surface area contributed by atoms with Crippen LogP contribution in [-0.2, 0) is 9.53 Å². The Balaban J connectivity index is 3.08. The summed E-state index contributed by atoms with van der Waals surface area (Å²) in [5.41, 5.74) is 0.781. The number of benzene rings is 1. The molecule has 35 heavy (non-hydrogen) atoms. The van der Waals surface area contributed by atoms with Crippen LogP contribution in [-0.4, -0.2) is 32.4 Å². The van der Waals surface area contributed by atoms with Crippen molar-refractivity contribution >= 4 is 12.0 Å². The third-order valence-electron chi connectivity index (χ3n) is 5.67. The van der Waals surface area contributed by atoms with Gasteiger partial charge in [0.15, 0.2) is 11.5 Å². The van der Waals surface area contributed by atoms with Crippen molar-refractivity contribution in [2.75, 3.05) is 26.4 Å². The Bertz CT molecular complexity index is 698. The monoisotopic (exact) mass is 490 g/mol. The van der Waals surface area contributed by atoms with Crippen LogP contribution in [0.2, 0.25) is 0 Å². The first-order valence-electron chi connectivity index (χ1n) is 14.1. The number of esters is 1. The Morgan fingerprint density at radius 1 is 0.657 bits per heavy atom. The lowest BCUT2D eigenvalue weighted by Crippen LogP contribution is -2.06. The molecule has 0 saturated heterocycles. The molecular weight excluding hydrogens is 440 g/mol. The van der Waals surface area contributed by atoms with E-state index in [4.69, 9.17) is 18.9 Å². The van der Waals surface area contributed by atoms with Gasteiger partial charge in [-0.05, 0) is 37.8 Å². The maximum absolute atomic E-state index is 12.1. The maximum Gasteiger partial charge on any atom is 0.330 e. The minimum absolute atomic E-state index is 0.353. The molecule has 0 bridgehead atoms. The van der Waals surface area contributed by atoms with E-state index in [1.54, 1.807) is 6.08 Å². The van der Waals surface area contributed by atoms with Crippen LogP contribution in [0.25, 0.3) is 6.08 Å². The summed E-state index contributed by atoms with van der Waals surface area (Å²) in [6, 6.07) is 3.88. The molecule has 0 aromatic heterocycles. The van der Waals surface area contributed by atoms with Gasteiger partial charge in [0.1, 0.15) is 5.75 Å². The summed E-state index contributed by atoms with van der Waals surface area (Å²) in [4.78, 5) is 12.1. The van der Waals surface area contributed by atoms with Crippen LogP contribution in [0.3, 0.4) is 0 Å². The second-order valence-corrected chi connectivity index (χ2v) is 9.07. The fourth-order valence-electron chi connectivity index (χ4n) is 3.61. The molecule has 1 aromatic carbocycles. The molecule has 0 fully saturated rings. The van der Waals surface area contributed by atoms with Gasteiger partial charge in [0, 0.05) is 17.7 Å². The normalized spacial score (nSPS) is 11.1. The highest BCUT2D eigenvalue weighted by atomic mass is 16.5. The number of rotatable bonds is 22. The highest BCUT2D eigenvalue weighted by Crippen LogP contribution is 2.37. The van der Waals surface area contributed by atoms with Gasteiger partial charge < -0.3 is 18.9 Å². The van der Waals surface area contributed by atoms with E-state index in [9.17, 15) is 4.79 Å².